The largest absolute Gasteiger partial charge is 0.338 e. The van der Waals surface area contributed by atoms with E-state index >= 15 is 0 Å². The van der Waals surface area contributed by atoms with Gasteiger partial charge in [0.05, 0.1) is 5.69 Å². The summed E-state index contributed by atoms with van der Waals surface area (Å²) in [5, 5.41) is 18.3. The SMILES string of the molecule is Cc1cc(C)n(-c2nnc(Nc3ccc(F)cc3)c3ccccc23)n1. The highest BCUT2D eigenvalue weighted by atomic mass is 19.1. The lowest BCUT2D eigenvalue weighted by atomic mass is 10.1. The van der Waals surface area contributed by atoms with E-state index in [2.05, 4.69) is 20.6 Å². The van der Waals surface area contributed by atoms with Crippen molar-refractivity contribution in [3.05, 3.63) is 71.8 Å². The minimum atomic E-state index is -0.277. The topological polar surface area (TPSA) is 55.6 Å². The van der Waals surface area contributed by atoms with E-state index in [-0.39, 0.29) is 5.82 Å². The highest BCUT2D eigenvalue weighted by Gasteiger charge is 2.13. The number of anilines is 2. The molecule has 6 heteroatoms. The van der Waals surface area contributed by atoms with E-state index in [4.69, 9.17) is 0 Å². The van der Waals surface area contributed by atoms with Gasteiger partial charge >= 0.3 is 0 Å². The number of aryl methyl sites for hydroxylation is 2. The van der Waals surface area contributed by atoms with Crippen molar-refractivity contribution in [2.45, 2.75) is 13.8 Å². The average Bonchev–Trinajstić information content (AvgIpc) is 2.95. The number of nitrogens with one attached hydrogen (secondary N) is 1. The van der Waals surface area contributed by atoms with Crippen LogP contribution in [0.15, 0.2) is 54.6 Å². The molecule has 0 aliphatic carbocycles. The minimum absolute atomic E-state index is 0.277. The highest BCUT2D eigenvalue weighted by Crippen LogP contribution is 2.27. The predicted octanol–water partition coefficient (Wildman–Crippen LogP) is 4.32. The standard InChI is InChI=1S/C19H16FN5/c1-12-11-13(2)25(24-12)19-17-6-4-3-5-16(17)18(22-23-19)21-15-9-7-14(20)8-10-15/h3-11H,1-2H3,(H,21,22). The second-order valence-electron chi connectivity index (χ2n) is 5.89. The van der Waals surface area contributed by atoms with Crippen LogP contribution in [0, 0.1) is 19.7 Å². The molecule has 124 valence electrons. The summed E-state index contributed by atoms with van der Waals surface area (Å²) in [6, 6.07) is 16.0. The van der Waals surface area contributed by atoms with Gasteiger partial charge in [0, 0.05) is 22.2 Å². The zero-order valence-electron chi connectivity index (χ0n) is 13.9. The molecule has 0 unspecified atom stereocenters. The van der Waals surface area contributed by atoms with E-state index in [1.807, 2.05) is 44.2 Å². The fourth-order valence-electron chi connectivity index (χ4n) is 2.85. The van der Waals surface area contributed by atoms with Gasteiger partial charge in [-0.1, -0.05) is 24.3 Å². The van der Waals surface area contributed by atoms with E-state index < -0.39 is 0 Å². The predicted molar refractivity (Wildman–Crippen MR) is 95.8 cm³/mol. The van der Waals surface area contributed by atoms with E-state index in [1.54, 1.807) is 16.8 Å². The lowest BCUT2D eigenvalue weighted by Gasteiger charge is -2.11. The molecular formula is C19H16FN5. The molecule has 2 heterocycles. The van der Waals surface area contributed by atoms with Crippen LogP contribution in [0.25, 0.3) is 16.6 Å². The molecule has 0 aliphatic heterocycles. The van der Waals surface area contributed by atoms with Crippen molar-refractivity contribution < 1.29 is 4.39 Å². The van der Waals surface area contributed by atoms with Crippen LogP contribution in [-0.2, 0) is 0 Å². The first-order chi connectivity index (χ1) is 12.1. The maximum Gasteiger partial charge on any atom is 0.183 e. The summed E-state index contributed by atoms with van der Waals surface area (Å²) in [7, 11) is 0. The molecular weight excluding hydrogens is 317 g/mol. The fraction of sp³-hybridized carbons (Fsp3) is 0.105. The van der Waals surface area contributed by atoms with Gasteiger partial charge in [-0.05, 0) is 44.2 Å². The lowest BCUT2D eigenvalue weighted by Crippen LogP contribution is -2.06. The molecule has 2 aromatic carbocycles. The summed E-state index contributed by atoms with van der Waals surface area (Å²) >= 11 is 0. The quantitative estimate of drug-likeness (QED) is 0.607. The second kappa shape index (κ2) is 5.98. The molecule has 0 atom stereocenters. The summed E-state index contributed by atoms with van der Waals surface area (Å²) in [6.07, 6.45) is 0. The monoisotopic (exact) mass is 333 g/mol. The van der Waals surface area contributed by atoms with Crippen molar-refractivity contribution in [3.8, 4) is 5.82 Å². The Balaban J connectivity index is 1.84. The van der Waals surface area contributed by atoms with Gasteiger partial charge in [0.25, 0.3) is 0 Å². The van der Waals surface area contributed by atoms with Crippen molar-refractivity contribution in [3.63, 3.8) is 0 Å². The third kappa shape index (κ3) is 2.82. The van der Waals surface area contributed by atoms with Crippen LogP contribution in [0.4, 0.5) is 15.9 Å². The van der Waals surface area contributed by atoms with Crippen LogP contribution in [0.1, 0.15) is 11.4 Å². The van der Waals surface area contributed by atoms with Gasteiger partial charge in [-0.15, -0.1) is 10.2 Å². The molecule has 0 bridgehead atoms. The molecule has 25 heavy (non-hydrogen) atoms. The van der Waals surface area contributed by atoms with Gasteiger partial charge < -0.3 is 5.32 Å². The maximum atomic E-state index is 13.1. The molecule has 0 amide bonds. The lowest BCUT2D eigenvalue weighted by molar-refractivity contribution is 0.628. The normalized spacial score (nSPS) is 11.0. The van der Waals surface area contributed by atoms with Crippen LogP contribution in [0.5, 0.6) is 0 Å². The van der Waals surface area contributed by atoms with Crippen molar-refractivity contribution >= 4 is 22.3 Å². The Bertz CT molecular complexity index is 1050. The molecule has 0 fully saturated rings. The fourth-order valence-corrected chi connectivity index (χ4v) is 2.85. The Kier molecular flexibility index (Phi) is 3.65. The number of benzene rings is 2. The Morgan fingerprint density at radius 2 is 1.64 bits per heavy atom. The van der Waals surface area contributed by atoms with Gasteiger partial charge in [0.1, 0.15) is 5.82 Å². The van der Waals surface area contributed by atoms with Gasteiger partial charge in [-0.25, -0.2) is 9.07 Å². The molecule has 0 saturated carbocycles. The first kappa shape index (κ1) is 15.3. The first-order valence-corrected chi connectivity index (χ1v) is 7.93. The number of rotatable bonds is 3. The minimum Gasteiger partial charge on any atom is -0.338 e. The Labute approximate surface area is 144 Å². The van der Waals surface area contributed by atoms with Crippen LogP contribution in [0.3, 0.4) is 0 Å². The Morgan fingerprint density at radius 1 is 0.920 bits per heavy atom. The van der Waals surface area contributed by atoms with Gasteiger partial charge in [0.2, 0.25) is 0 Å². The number of nitrogens with zero attached hydrogens (tertiary/aromatic N) is 4. The summed E-state index contributed by atoms with van der Waals surface area (Å²) < 4.78 is 14.9. The molecule has 5 nitrogen and oxygen atoms in total. The number of hydrogen-bond donors (Lipinski definition) is 1. The van der Waals surface area contributed by atoms with Crippen LogP contribution < -0.4 is 5.32 Å². The van der Waals surface area contributed by atoms with Crippen LogP contribution in [0.2, 0.25) is 0 Å². The van der Waals surface area contributed by atoms with E-state index in [1.165, 1.54) is 12.1 Å². The number of fused-ring (bicyclic) bond motifs is 1. The first-order valence-electron chi connectivity index (χ1n) is 7.93. The van der Waals surface area contributed by atoms with E-state index in [0.29, 0.717) is 11.6 Å². The average molecular weight is 333 g/mol. The molecule has 1 N–H and O–H groups in total. The highest BCUT2D eigenvalue weighted by molar-refractivity contribution is 5.97. The van der Waals surface area contributed by atoms with Crippen LogP contribution >= 0.6 is 0 Å². The summed E-state index contributed by atoms with van der Waals surface area (Å²) in [6.45, 7) is 3.94. The van der Waals surface area contributed by atoms with E-state index in [9.17, 15) is 4.39 Å². The van der Waals surface area contributed by atoms with Crippen molar-refractivity contribution in [2.75, 3.05) is 5.32 Å². The zero-order valence-corrected chi connectivity index (χ0v) is 13.9. The summed E-state index contributed by atoms with van der Waals surface area (Å²) in [4.78, 5) is 0. The molecule has 4 rings (SSSR count). The summed E-state index contributed by atoms with van der Waals surface area (Å²) in [5.41, 5.74) is 2.67. The maximum absolute atomic E-state index is 13.1. The molecule has 0 spiro atoms. The van der Waals surface area contributed by atoms with Crippen molar-refractivity contribution in [1.82, 2.24) is 20.0 Å². The Hall–Kier alpha value is -3.28. The van der Waals surface area contributed by atoms with Crippen LogP contribution in [-0.4, -0.2) is 20.0 Å². The Morgan fingerprint density at radius 3 is 2.32 bits per heavy atom. The molecule has 0 aliphatic rings. The number of aromatic nitrogens is 4. The number of hydrogen-bond acceptors (Lipinski definition) is 4. The van der Waals surface area contributed by atoms with Gasteiger partial charge in [-0.3, -0.25) is 0 Å². The molecule has 2 aromatic heterocycles. The molecule has 0 saturated heterocycles. The van der Waals surface area contributed by atoms with Gasteiger partial charge in [-0.2, -0.15) is 5.10 Å². The third-order valence-corrected chi connectivity index (χ3v) is 3.98. The van der Waals surface area contributed by atoms with Crippen molar-refractivity contribution in [1.29, 1.82) is 0 Å². The van der Waals surface area contributed by atoms with Gasteiger partial charge in [0.15, 0.2) is 11.6 Å². The van der Waals surface area contributed by atoms with Crippen molar-refractivity contribution in [2.24, 2.45) is 0 Å². The third-order valence-electron chi connectivity index (χ3n) is 3.98. The molecule has 0 radical (unpaired) electrons. The molecule has 4 aromatic rings. The zero-order chi connectivity index (χ0) is 17.4. The second-order valence-corrected chi connectivity index (χ2v) is 5.89. The summed E-state index contributed by atoms with van der Waals surface area (Å²) in [5.74, 6) is 1.03. The number of halogens is 1. The van der Waals surface area contributed by atoms with E-state index in [0.717, 1.165) is 27.8 Å². The smallest absolute Gasteiger partial charge is 0.183 e.